The van der Waals surface area contributed by atoms with Crippen LogP contribution in [-0.4, -0.2) is 23.5 Å². The molecule has 0 aliphatic rings. The quantitative estimate of drug-likeness (QED) is 0.759. The summed E-state index contributed by atoms with van der Waals surface area (Å²) in [4.78, 5) is 23.3. The van der Waals surface area contributed by atoms with Gasteiger partial charge in [-0.3, -0.25) is 9.59 Å². The number of aromatic hydroxyl groups is 1. The van der Waals surface area contributed by atoms with Crippen molar-refractivity contribution in [2.75, 3.05) is 6.54 Å². The molecular weight excluding hydrogens is 260 g/mol. The number of hydrogen-bond acceptors (Lipinski definition) is 4. The van der Waals surface area contributed by atoms with Crippen LogP contribution < -0.4 is 10.6 Å². The maximum atomic E-state index is 11.7. The van der Waals surface area contributed by atoms with Gasteiger partial charge in [0, 0.05) is 0 Å². The number of phenolic OH excluding ortho intramolecular Hbond substituents is 1. The maximum Gasteiger partial charge on any atom is 0.255 e. The van der Waals surface area contributed by atoms with Crippen LogP contribution >= 0.6 is 0 Å². The maximum absolute atomic E-state index is 11.7. The van der Waals surface area contributed by atoms with E-state index in [1.165, 1.54) is 18.4 Å². The van der Waals surface area contributed by atoms with Crippen molar-refractivity contribution < 1.29 is 19.1 Å². The molecule has 0 aliphatic heterocycles. The predicted octanol–water partition coefficient (Wildman–Crippen LogP) is 1.03. The summed E-state index contributed by atoms with van der Waals surface area (Å²) in [5.74, 6) is -0.340. The molecule has 2 amide bonds. The topological polar surface area (TPSA) is 91.6 Å². The van der Waals surface area contributed by atoms with E-state index in [9.17, 15) is 14.7 Å². The summed E-state index contributed by atoms with van der Waals surface area (Å²) in [6.45, 7) is 0.0895. The standard InChI is InChI=1S/C14H14N2O4/c17-12-6-2-1-5-11(12)14(19)16-9-13(18)15-8-10-4-3-7-20-10/h1-7,17H,8-9H2,(H,15,18)(H,16,19). The van der Waals surface area contributed by atoms with Gasteiger partial charge in [-0.05, 0) is 24.3 Å². The van der Waals surface area contributed by atoms with Gasteiger partial charge in [0.1, 0.15) is 11.5 Å². The Kier molecular flexibility index (Phi) is 4.39. The smallest absolute Gasteiger partial charge is 0.255 e. The number of furan rings is 1. The second kappa shape index (κ2) is 6.42. The summed E-state index contributed by atoms with van der Waals surface area (Å²) in [5, 5.41) is 14.5. The average molecular weight is 274 g/mol. The molecular formula is C14H14N2O4. The number of rotatable bonds is 5. The molecule has 0 atom stereocenters. The fourth-order valence-electron chi connectivity index (χ4n) is 1.58. The third kappa shape index (κ3) is 3.61. The van der Waals surface area contributed by atoms with E-state index < -0.39 is 5.91 Å². The Morgan fingerprint density at radius 1 is 1.10 bits per heavy atom. The zero-order valence-corrected chi connectivity index (χ0v) is 10.6. The lowest BCUT2D eigenvalue weighted by Gasteiger charge is -2.07. The molecule has 1 aromatic heterocycles. The van der Waals surface area contributed by atoms with Gasteiger partial charge in [0.05, 0.1) is 24.9 Å². The molecule has 6 heteroatoms. The highest BCUT2D eigenvalue weighted by molar-refractivity contribution is 5.98. The summed E-state index contributed by atoms with van der Waals surface area (Å²) in [7, 11) is 0. The highest BCUT2D eigenvalue weighted by Crippen LogP contribution is 2.14. The molecule has 0 radical (unpaired) electrons. The Balaban J connectivity index is 1.78. The third-order valence-corrected chi connectivity index (χ3v) is 2.60. The highest BCUT2D eigenvalue weighted by atomic mass is 16.3. The minimum absolute atomic E-state index is 0.124. The van der Waals surface area contributed by atoms with Gasteiger partial charge >= 0.3 is 0 Å². The van der Waals surface area contributed by atoms with Gasteiger partial charge in [0.25, 0.3) is 5.91 Å². The van der Waals surface area contributed by atoms with Crippen molar-refractivity contribution in [2.24, 2.45) is 0 Å². The van der Waals surface area contributed by atoms with E-state index >= 15 is 0 Å². The number of hydrogen-bond donors (Lipinski definition) is 3. The molecule has 2 rings (SSSR count). The van der Waals surface area contributed by atoms with Gasteiger partial charge in [-0.15, -0.1) is 0 Å². The van der Waals surface area contributed by atoms with E-state index in [0.29, 0.717) is 5.76 Å². The van der Waals surface area contributed by atoms with Gasteiger partial charge in [-0.2, -0.15) is 0 Å². The lowest BCUT2D eigenvalue weighted by Crippen LogP contribution is -2.36. The molecule has 0 unspecified atom stereocenters. The molecule has 0 saturated heterocycles. The molecule has 0 fully saturated rings. The first-order chi connectivity index (χ1) is 9.66. The number of amides is 2. The highest BCUT2D eigenvalue weighted by Gasteiger charge is 2.11. The monoisotopic (exact) mass is 274 g/mol. The molecule has 2 aromatic rings. The zero-order valence-electron chi connectivity index (χ0n) is 10.6. The van der Waals surface area contributed by atoms with Crippen LogP contribution in [-0.2, 0) is 11.3 Å². The summed E-state index contributed by atoms with van der Waals surface area (Å²) in [6, 6.07) is 9.59. The first kappa shape index (κ1) is 13.7. The summed E-state index contributed by atoms with van der Waals surface area (Å²) in [5.41, 5.74) is 0.131. The number of carbonyl (C=O) groups is 2. The van der Waals surface area contributed by atoms with E-state index in [-0.39, 0.29) is 30.3 Å². The van der Waals surface area contributed by atoms with Crippen LogP contribution in [0.1, 0.15) is 16.1 Å². The number of benzene rings is 1. The molecule has 104 valence electrons. The van der Waals surface area contributed by atoms with E-state index in [4.69, 9.17) is 4.42 Å². The van der Waals surface area contributed by atoms with E-state index in [0.717, 1.165) is 0 Å². The fourth-order valence-corrected chi connectivity index (χ4v) is 1.58. The van der Waals surface area contributed by atoms with Crippen molar-refractivity contribution in [1.82, 2.24) is 10.6 Å². The Hall–Kier alpha value is -2.76. The van der Waals surface area contributed by atoms with E-state index in [1.807, 2.05) is 0 Å². The third-order valence-electron chi connectivity index (χ3n) is 2.60. The Labute approximate surface area is 115 Å². The first-order valence-electron chi connectivity index (χ1n) is 6.02. The second-order valence-electron chi connectivity index (χ2n) is 4.06. The number of para-hydroxylation sites is 1. The van der Waals surface area contributed by atoms with Crippen LogP contribution in [0.3, 0.4) is 0 Å². The summed E-state index contributed by atoms with van der Waals surface area (Å²) >= 11 is 0. The Bertz CT molecular complexity index is 593. The number of phenols is 1. The zero-order chi connectivity index (χ0) is 14.4. The molecule has 1 aromatic carbocycles. The van der Waals surface area contributed by atoms with Crippen LogP contribution in [0.25, 0.3) is 0 Å². The van der Waals surface area contributed by atoms with Gasteiger partial charge in [0.15, 0.2) is 0 Å². The molecule has 0 saturated carbocycles. The van der Waals surface area contributed by atoms with Gasteiger partial charge in [0.2, 0.25) is 5.91 Å². The van der Waals surface area contributed by atoms with Crippen LogP contribution in [0, 0.1) is 0 Å². The molecule has 6 nitrogen and oxygen atoms in total. The lowest BCUT2D eigenvalue weighted by atomic mass is 10.2. The first-order valence-corrected chi connectivity index (χ1v) is 6.02. The molecule has 0 aliphatic carbocycles. The van der Waals surface area contributed by atoms with Crippen molar-refractivity contribution in [1.29, 1.82) is 0 Å². The minimum atomic E-state index is -0.503. The average Bonchev–Trinajstić information content (AvgIpc) is 2.96. The van der Waals surface area contributed by atoms with Crippen molar-refractivity contribution in [3.8, 4) is 5.75 Å². The minimum Gasteiger partial charge on any atom is -0.507 e. The molecule has 0 bridgehead atoms. The van der Waals surface area contributed by atoms with Gasteiger partial charge in [-0.25, -0.2) is 0 Å². The predicted molar refractivity (Wildman–Crippen MR) is 71.0 cm³/mol. The van der Waals surface area contributed by atoms with E-state index in [1.54, 1.807) is 24.3 Å². The second-order valence-corrected chi connectivity index (χ2v) is 4.06. The van der Waals surface area contributed by atoms with Crippen molar-refractivity contribution in [2.45, 2.75) is 6.54 Å². The lowest BCUT2D eigenvalue weighted by molar-refractivity contribution is -0.120. The summed E-state index contributed by atoms with van der Waals surface area (Å²) in [6.07, 6.45) is 1.52. The van der Waals surface area contributed by atoms with Gasteiger partial charge < -0.3 is 20.2 Å². The van der Waals surface area contributed by atoms with E-state index in [2.05, 4.69) is 10.6 Å². The molecule has 1 heterocycles. The van der Waals surface area contributed by atoms with Crippen LogP contribution in [0.15, 0.2) is 47.1 Å². The fraction of sp³-hybridized carbons (Fsp3) is 0.143. The largest absolute Gasteiger partial charge is 0.507 e. The van der Waals surface area contributed by atoms with Gasteiger partial charge in [-0.1, -0.05) is 12.1 Å². The normalized spacial score (nSPS) is 10.0. The molecule has 20 heavy (non-hydrogen) atoms. The van der Waals surface area contributed by atoms with Crippen LogP contribution in [0.4, 0.5) is 0 Å². The van der Waals surface area contributed by atoms with Crippen molar-refractivity contribution in [3.05, 3.63) is 54.0 Å². The molecule has 0 spiro atoms. The number of carbonyl (C=O) groups excluding carboxylic acids is 2. The molecule has 3 N–H and O–H groups in total. The SMILES string of the molecule is O=C(CNC(=O)c1ccccc1O)NCc1ccco1. The van der Waals surface area contributed by atoms with Crippen LogP contribution in [0.2, 0.25) is 0 Å². The number of nitrogens with one attached hydrogen (secondary N) is 2. The van der Waals surface area contributed by atoms with Crippen molar-refractivity contribution in [3.63, 3.8) is 0 Å². The Morgan fingerprint density at radius 2 is 1.90 bits per heavy atom. The summed E-state index contributed by atoms with van der Waals surface area (Å²) < 4.78 is 5.06. The van der Waals surface area contributed by atoms with Crippen molar-refractivity contribution >= 4 is 11.8 Å². The van der Waals surface area contributed by atoms with Crippen LogP contribution in [0.5, 0.6) is 5.75 Å². The Morgan fingerprint density at radius 3 is 2.60 bits per heavy atom.